The summed E-state index contributed by atoms with van der Waals surface area (Å²) in [4.78, 5) is 34.9. The third-order valence-corrected chi connectivity index (χ3v) is 7.38. The van der Waals surface area contributed by atoms with Gasteiger partial charge in [0.1, 0.15) is 5.01 Å². The summed E-state index contributed by atoms with van der Waals surface area (Å²) < 4.78 is 0. The molecule has 8 heteroatoms. The normalized spacial score (nSPS) is 14.6. The number of hydrogen-bond acceptors (Lipinski definition) is 6. The molecular formula is C23H26N4O2S2. The van der Waals surface area contributed by atoms with Crippen LogP contribution in [-0.2, 0) is 16.0 Å². The zero-order valence-electron chi connectivity index (χ0n) is 17.8. The van der Waals surface area contributed by atoms with Crippen LogP contribution in [-0.4, -0.2) is 59.3 Å². The SMILES string of the molecule is Cc1cccc(C)c1NC(=O)CN1CCN(C(=O)Cc2csc(-c3cccs3)n2)CC1. The van der Waals surface area contributed by atoms with Crippen molar-refractivity contribution in [3.05, 3.63) is 57.9 Å². The summed E-state index contributed by atoms with van der Waals surface area (Å²) >= 11 is 3.24. The monoisotopic (exact) mass is 454 g/mol. The molecule has 0 bridgehead atoms. The number of anilines is 1. The molecular weight excluding hydrogens is 428 g/mol. The molecule has 0 aliphatic carbocycles. The van der Waals surface area contributed by atoms with Crippen LogP contribution < -0.4 is 5.32 Å². The number of carbonyl (C=O) groups excluding carboxylic acids is 2. The molecule has 1 fully saturated rings. The Labute approximate surface area is 190 Å². The van der Waals surface area contributed by atoms with E-state index in [1.165, 1.54) is 0 Å². The predicted octanol–water partition coefficient (Wildman–Crippen LogP) is 3.81. The summed E-state index contributed by atoms with van der Waals surface area (Å²) in [5.74, 6) is 0.0865. The highest BCUT2D eigenvalue weighted by atomic mass is 32.1. The van der Waals surface area contributed by atoms with Crippen LogP contribution in [0.5, 0.6) is 0 Å². The van der Waals surface area contributed by atoms with Gasteiger partial charge in [0.2, 0.25) is 11.8 Å². The molecule has 2 aromatic heterocycles. The van der Waals surface area contributed by atoms with E-state index in [0.29, 0.717) is 39.1 Å². The summed E-state index contributed by atoms with van der Waals surface area (Å²) in [5.41, 5.74) is 3.85. The molecule has 0 spiro atoms. The quantitative estimate of drug-likeness (QED) is 0.615. The lowest BCUT2D eigenvalue weighted by atomic mass is 10.1. The van der Waals surface area contributed by atoms with Gasteiger partial charge in [-0.25, -0.2) is 4.98 Å². The van der Waals surface area contributed by atoms with Gasteiger partial charge >= 0.3 is 0 Å². The third-order valence-electron chi connectivity index (χ3n) is 5.45. The Morgan fingerprint density at radius 2 is 1.77 bits per heavy atom. The fraction of sp³-hybridized carbons (Fsp3) is 0.348. The summed E-state index contributed by atoms with van der Waals surface area (Å²) in [5, 5.41) is 8.01. The van der Waals surface area contributed by atoms with Gasteiger partial charge in [-0.1, -0.05) is 24.3 Å². The highest BCUT2D eigenvalue weighted by Gasteiger charge is 2.23. The van der Waals surface area contributed by atoms with Gasteiger partial charge < -0.3 is 10.2 Å². The maximum Gasteiger partial charge on any atom is 0.238 e. The number of carbonyl (C=O) groups is 2. The van der Waals surface area contributed by atoms with Crippen molar-refractivity contribution < 1.29 is 9.59 Å². The number of para-hydroxylation sites is 1. The van der Waals surface area contributed by atoms with Crippen LogP contribution in [0.1, 0.15) is 16.8 Å². The zero-order valence-corrected chi connectivity index (χ0v) is 19.4. The van der Waals surface area contributed by atoms with Crippen molar-refractivity contribution in [3.63, 3.8) is 0 Å². The fourth-order valence-corrected chi connectivity index (χ4v) is 5.35. The Balaban J connectivity index is 1.25. The molecule has 1 N–H and O–H groups in total. The lowest BCUT2D eigenvalue weighted by Gasteiger charge is -2.34. The van der Waals surface area contributed by atoms with Gasteiger partial charge in [-0.2, -0.15) is 0 Å². The second kappa shape index (κ2) is 9.72. The van der Waals surface area contributed by atoms with Crippen molar-refractivity contribution in [2.24, 2.45) is 0 Å². The molecule has 0 atom stereocenters. The Morgan fingerprint density at radius 1 is 1.03 bits per heavy atom. The number of piperazine rings is 1. The maximum absolute atomic E-state index is 12.7. The van der Waals surface area contributed by atoms with Crippen molar-refractivity contribution in [3.8, 4) is 9.88 Å². The number of hydrogen-bond donors (Lipinski definition) is 1. The second-order valence-electron chi connectivity index (χ2n) is 7.77. The molecule has 0 saturated carbocycles. The number of aromatic nitrogens is 1. The molecule has 6 nitrogen and oxygen atoms in total. The Bertz CT molecular complexity index is 1030. The van der Waals surface area contributed by atoms with Gasteiger partial charge in [0.05, 0.1) is 23.5 Å². The topological polar surface area (TPSA) is 65.5 Å². The van der Waals surface area contributed by atoms with Crippen molar-refractivity contribution in [1.82, 2.24) is 14.8 Å². The summed E-state index contributed by atoms with van der Waals surface area (Å²) in [6, 6.07) is 10.0. The highest BCUT2D eigenvalue weighted by Crippen LogP contribution is 2.28. The fourth-order valence-electron chi connectivity index (χ4n) is 3.72. The van der Waals surface area contributed by atoms with Crippen LogP contribution in [0.15, 0.2) is 41.1 Å². The molecule has 0 radical (unpaired) electrons. The van der Waals surface area contributed by atoms with E-state index in [1.54, 1.807) is 22.7 Å². The number of nitrogens with zero attached hydrogens (tertiary/aromatic N) is 3. The van der Waals surface area contributed by atoms with E-state index in [1.807, 2.05) is 59.8 Å². The van der Waals surface area contributed by atoms with Crippen LogP contribution in [0.4, 0.5) is 5.69 Å². The van der Waals surface area contributed by atoms with Gasteiger partial charge in [-0.05, 0) is 36.4 Å². The largest absolute Gasteiger partial charge is 0.340 e. The first-order valence-corrected chi connectivity index (χ1v) is 12.1. The third kappa shape index (κ3) is 5.39. The predicted molar refractivity (Wildman–Crippen MR) is 127 cm³/mol. The standard InChI is InChI=1S/C23H26N4O2S2/c1-16-5-3-6-17(2)22(16)25-20(28)14-26-8-10-27(11-9-26)21(29)13-18-15-31-23(24-18)19-7-4-12-30-19/h3-7,12,15H,8-11,13-14H2,1-2H3,(H,25,28). The molecule has 162 valence electrons. The van der Waals surface area contributed by atoms with E-state index >= 15 is 0 Å². The number of benzene rings is 1. The van der Waals surface area contributed by atoms with Gasteiger partial charge in [0, 0.05) is 37.2 Å². The molecule has 3 heterocycles. The van der Waals surface area contributed by atoms with E-state index in [0.717, 1.165) is 32.4 Å². The second-order valence-corrected chi connectivity index (χ2v) is 9.58. The molecule has 1 aliphatic heterocycles. The first-order valence-electron chi connectivity index (χ1n) is 10.3. The molecule has 0 unspecified atom stereocenters. The van der Waals surface area contributed by atoms with Crippen LogP contribution in [0.2, 0.25) is 0 Å². The lowest BCUT2D eigenvalue weighted by molar-refractivity contribution is -0.132. The average molecular weight is 455 g/mol. The van der Waals surface area contributed by atoms with E-state index in [-0.39, 0.29) is 11.8 Å². The van der Waals surface area contributed by atoms with E-state index in [9.17, 15) is 9.59 Å². The minimum atomic E-state index is -0.0132. The molecule has 2 amide bonds. The van der Waals surface area contributed by atoms with Crippen molar-refractivity contribution in [2.75, 3.05) is 38.0 Å². The van der Waals surface area contributed by atoms with Gasteiger partial charge in [0.25, 0.3) is 0 Å². The molecule has 31 heavy (non-hydrogen) atoms. The number of amides is 2. The molecule has 1 saturated heterocycles. The zero-order chi connectivity index (χ0) is 21.8. The van der Waals surface area contributed by atoms with E-state index in [2.05, 4.69) is 15.2 Å². The lowest BCUT2D eigenvalue weighted by Crippen LogP contribution is -2.50. The van der Waals surface area contributed by atoms with Gasteiger partial charge in [0.15, 0.2) is 0 Å². The smallest absolute Gasteiger partial charge is 0.238 e. The first-order chi connectivity index (χ1) is 15.0. The van der Waals surface area contributed by atoms with E-state index in [4.69, 9.17) is 0 Å². The number of thiophene rings is 1. The molecule has 1 aromatic carbocycles. The van der Waals surface area contributed by atoms with Crippen LogP contribution in [0, 0.1) is 13.8 Å². The minimum absolute atomic E-state index is 0.0132. The number of rotatable bonds is 6. The minimum Gasteiger partial charge on any atom is -0.340 e. The Kier molecular flexibility index (Phi) is 6.80. The summed E-state index contributed by atoms with van der Waals surface area (Å²) in [6.07, 6.45) is 0.328. The van der Waals surface area contributed by atoms with Crippen LogP contribution in [0.3, 0.4) is 0 Å². The summed E-state index contributed by atoms with van der Waals surface area (Å²) in [6.45, 7) is 7.01. The number of nitrogens with one attached hydrogen (secondary N) is 1. The first kappa shape index (κ1) is 21.7. The Hall–Kier alpha value is -2.55. The highest BCUT2D eigenvalue weighted by molar-refractivity contribution is 7.20. The maximum atomic E-state index is 12.7. The van der Waals surface area contributed by atoms with Gasteiger partial charge in [-0.15, -0.1) is 22.7 Å². The molecule has 3 aromatic rings. The van der Waals surface area contributed by atoms with Gasteiger partial charge in [-0.3, -0.25) is 14.5 Å². The van der Waals surface area contributed by atoms with Crippen molar-refractivity contribution in [1.29, 1.82) is 0 Å². The van der Waals surface area contributed by atoms with Crippen LogP contribution in [0.25, 0.3) is 9.88 Å². The van der Waals surface area contributed by atoms with E-state index < -0.39 is 0 Å². The molecule has 1 aliphatic rings. The Morgan fingerprint density at radius 3 is 2.45 bits per heavy atom. The van der Waals surface area contributed by atoms with Crippen molar-refractivity contribution in [2.45, 2.75) is 20.3 Å². The van der Waals surface area contributed by atoms with Crippen molar-refractivity contribution >= 4 is 40.2 Å². The molecule has 4 rings (SSSR count). The summed E-state index contributed by atoms with van der Waals surface area (Å²) in [7, 11) is 0. The number of aryl methyl sites for hydroxylation is 2. The van der Waals surface area contributed by atoms with Crippen LogP contribution >= 0.6 is 22.7 Å². The number of thiazole rings is 1. The average Bonchev–Trinajstić information content (AvgIpc) is 3.43.